The fourth-order valence-electron chi connectivity index (χ4n) is 3.28. The van der Waals surface area contributed by atoms with Gasteiger partial charge in [-0.05, 0) is 0 Å². The number of benzene rings is 2. The molecular weight excluding hydrogens is 395 g/mol. The zero-order chi connectivity index (χ0) is 18.1. The number of carbonyl (C=O) groups is 1. The number of methoxy groups -OCH3 is 1. The molecule has 2 aromatic rings. The van der Waals surface area contributed by atoms with Crippen LogP contribution in [0.2, 0.25) is 0 Å². The first kappa shape index (κ1) is 16.9. The summed E-state index contributed by atoms with van der Waals surface area (Å²) in [5.74, 6) is 0.674. The Bertz CT molecular complexity index is 878. The van der Waals surface area contributed by atoms with Crippen LogP contribution in [0.1, 0.15) is 6.42 Å². The van der Waals surface area contributed by atoms with E-state index in [1.807, 2.05) is 47.4 Å². The third-order valence-electron chi connectivity index (χ3n) is 4.69. The van der Waals surface area contributed by atoms with Gasteiger partial charge in [0.2, 0.25) is 0 Å². The summed E-state index contributed by atoms with van der Waals surface area (Å²) in [4.78, 5) is 16.3. The maximum absolute atomic E-state index is 12.6. The number of hydroxylamine groups is 1. The maximum atomic E-state index is 12.6. The van der Waals surface area contributed by atoms with Gasteiger partial charge in [0.25, 0.3) is 0 Å². The summed E-state index contributed by atoms with van der Waals surface area (Å²) >= 11 is 0.0857. The van der Waals surface area contributed by atoms with Crippen LogP contribution in [-0.4, -0.2) is 45.0 Å². The van der Waals surface area contributed by atoms with E-state index >= 15 is 0 Å². The van der Waals surface area contributed by atoms with Crippen molar-refractivity contribution in [1.29, 1.82) is 0 Å². The molecule has 2 atom stereocenters. The molecule has 2 aliphatic rings. The number of carbonyl (C=O) groups excluding carboxylic acids is 1. The fourth-order valence-corrected chi connectivity index (χ4v) is 4.93. The average molecular weight is 413 g/mol. The number of rotatable bonds is 4. The molecule has 2 aliphatic heterocycles. The van der Waals surface area contributed by atoms with Gasteiger partial charge >= 0.3 is 158 Å². The number of nitrogens with zero attached hydrogens (tertiary/aromatic N) is 2. The molecular formula is C20H18N2O3Se. The predicted octanol–water partition coefficient (Wildman–Crippen LogP) is 1.88. The Kier molecular flexibility index (Phi) is 4.53. The van der Waals surface area contributed by atoms with Crippen LogP contribution in [0.4, 0.5) is 5.69 Å². The van der Waals surface area contributed by atoms with Crippen LogP contribution >= 0.6 is 0 Å². The number of hydrogen-bond acceptors (Lipinski definition) is 3. The third kappa shape index (κ3) is 3.02. The Morgan fingerprint density at radius 2 is 1.92 bits per heavy atom. The number of ether oxygens (including phenoxy) is 1. The summed E-state index contributed by atoms with van der Waals surface area (Å²) in [5, 5.41) is 12.4. The predicted molar refractivity (Wildman–Crippen MR) is 102 cm³/mol. The molecule has 1 amide bonds. The van der Waals surface area contributed by atoms with Gasteiger partial charge in [-0.1, -0.05) is 0 Å². The van der Waals surface area contributed by atoms with Crippen molar-refractivity contribution in [1.82, 2.24) is 0 Å². The van der Waals surface area contributed by atoms with Gasteiger partial charge < -0.3 is 0 Å². The third-order valence-corrected chi connectivity index (χ3v) is 6.65. The first-order chi connectivity index (χ1) is 12.7. The Hall–Kier alpha value is -2.56. The van der Waals surface area contributed by atoms with E-state index in [9.17, 15) is 10.0 Å². The average Bonchev–Trinajstić information content (AvgIpc) is 2.68. The Balaban J connectivity index is 1.53. The Labute approximate surface area is 158 Å². The second kappa shape index (κ2) is 6.98. The zero-order valence-corrected chi connectivity index (χ0v) is 16.0. The van der Waals surface area contributed by atoms with Crippen LogP contribution < -0.4 is 14.1 Å². The molecule has 0 aromatic heterocycles. The van der Waals surface area contributed by atoms with Crippen LogP contribution in [0.5, 0.6) is 5.75 Å². The topological polar surface area (TPSA) is 55.6 Å². The standard InChI is InChI=1S/C20H18N2O3Se/c1-25-16-9-7-14(8-10-16)22-19-12-21(24)15(11-18(19)20(22)23)13-26-17-5-3-2-4-6-17/h2-10,12-13,18-19H,11H2,1H3/b15-13+/t18-,19+/m1/s1. The molecule has 4 rings (SSSR count). The Morgan fingerprint density at radius 3 is 2.62 bits per heavy atom. The van der Waals surface area contributed by atoms with Gasteiger partial charge in [0, 0.05) is 0 Å². The minimum atomic E-state index is -0.172. The van der Waals surface area contributed by atoms with E-state index < -0.39 is 0 Å². The van der Waals surface area contributed by atoms with Crippen LogP contribution in [0.25, 0.3) is 0 Å². The van der Waals surface area contributed by atoms with Crippen molar-refractivity contribution in [3.8, 4) is 5.75 Å². The Morgan fingerprint density at radius 1 is 1.19 bits per heavy atom. The fraction of sp³-hybridized carbons (Fsp3) is 0.200. The number of hydrogen-bond donors (Lipinski definition) is 0. The molecule has 26 heavy (non-hydrogen) atoms. The molecule has 0 spiro atoms. The van der Waals surface area contributed by atoms with Crippen LogP contribution in [0.15, 0.2) is 65.3 Å². The number of allylic oxidation sites excluding steroid dienone is 1. The van der Waals surface area contributed by atoms with Gasteiger partial charge in [-0.3, -0.25) is 0 Å². The number of β-lactam (4-membered cyclic amide) rings is 1. The van der Waals surface area contributed by atoms with Crippen LogP contribution in [0.3, 0.4) is 0 Å². The van der Waals surface area contributed by atoms with Crippen molar-refractivity contribution in [2.45, 2.75) is 12.5 Å². The monoisotopic (exact) mass is 414 g/mol. The van der Waals surface area contributed by atoms with Crippen molar-refractivity contribution in [2.75, 3.05) is 12.0 Å². The SMILES string of the molecule is COc1ccc(N2C(=O)[C@@H]3C/C(=C\[Se]c4ccccc4)[N+]([O-])=C[C@@H]32)cc1. The first-order valence-corrected chi connectivity index (χ1v) is 10.2. The molecule has 1 saturated heterocycles. The summed E-state index contributed by atoms with van der Waals surface area (Å²) in [6.07, 6.45) is 2.12. The number of amides is 1. The molecule has 2 aromatic carbocycles. The van der Waals surface area contributed by atoms with E-state index in [1.54, 1.807) is 18.2 Å². The quantitative estimate of drug-likeness (QED) is 0.333. The molecule has 0 N–H and O–H groups in total. The van der Waals surface area contributed by atoms with Gasteiger partial charge in [-0.15, -0.1) is 0 Å². The second-order valence-electron chi connectivity index (χ2n) is 6.22. The first-order valence-electron chi connectivity index (χ1n) is 8.36. The van der Waals surface area contributed by atoms with E-state index in [4.69, 9.17) is 4.74 Å². The molecule has 0 unspecified atom stereocenters. The van der Waals surface area contributed by atoms with Crippen molar-refractivity contribution >= 4 is 37.2 Å². The molecule has 1 fully saturated rings. The van der Waals surface area contributed by atoms with E-state index in [2.05, 4.69) is 12.1 Å². The minimum absolute atomic E-state index is 0.0719. The summed E-state index contributed by atoms with van der Waals surface area (Å²) in [6.45, 7) is 0. The van der Waals surface area contributed by atoms with E-state index in [0.717, 1.165) is 16.2 Å². The van der Waals surface area contributed by atoms with Gasteiger partial charge in [0.05, 0.1) is 0 Å². The van der Waals surface area contributed by atoms with Gasteiger partial charge in [0.15, 0.2) is 0 Å². The molecule has 132 valence electrons. The molecule has 2 heterocycles. The van der Waals surface area contributed by atoms with Crippen LogP contribution in [0, 0.1) is 11.1 Å². The summed E-state index contributed by atoms with van der Waals surface area (Å²) in [6, 6.07) is 17.2. The summed E-state index contributed by atoms with van der Waals surface area (Å²) < 4.78 is 7.30. The van der Waals surface area contributed by atoms with Crippen molar-refractivity contribution < 1.29 is 14.3 Å². The molecule has 0 saturated carbocycles. The molecule has 0 aliphatic carbocycles. The molecule has 6 heteroatoms. The number of anilines is 1. The van der Waals surface area contributed by atoms with Gasteiger partial charge in [-0.2, -0.15) is 0 Å². The van der Waals surface area contributed by atoms with Gasteiger partial charge in [-0.25, -0.2) is 0 Å². The van der Waals surface area contributed by atoms with Gasteiger partial charge in [0.1, 0.15) is 0 Å². The van der Waals surface area contributed by atoms with Crippen molar-refractivity contribution in [2.24, 2.45) is 5.92 Å². The molecule has 0 radical (unpaired) electrons. The van der Waals surface area contributed by atoms with E-state index in [-0.39, 0.29) is 32.8 Å². The zero-order valence-electron chi connectivity index (χ0n) is 14.2. The van der Waals surface area contributed by atoms with E-state index in [1.165, 1.54) is 4.46 Å². The molecule has 5 nitrogen and oxygen atoms in total. The molecule has 0 bridgehead atoms. The second-order valence-corrected chi connectivity index (χ2v) is 8.20. The van der Waals surface area contributed by atoms with E-state index in [0.29, 0.717) is 12.1 Å². The summed E-state index contributed by atoms with van der Waals surface area (Å²) in [7, 11) is 1.61. The number of fused-ring (bicyclic) bond motifs is 1. The summed E-state index contributed by atoms with van der Waals surface area (Å²) in [5.41, 5.74) is 1.49. The van der Waals surface area contributed by atoms with Crippen LogP contribution in [-0.2, 0) is 4.79 Å². The normalized spacial score (nSPS) is 23.3. The van der Waals surface area contributed by atoms with Crippen molar-refractivity contribution in [3.63, 3.8) is 0 Å². The van der Waals surface area contributed by atoms with Crippen molar-refractivity contribution in [3.05, 3.63) is 70.5 Å².